The van der Waals surface area contributed by atoms with E-state index in [1.807, 2.05) is 24.3 Å². The Balaban J connectivity index is 1.46. The number of carbonyl (C=O) groups excluding carboxylic acids is 1. The number of halogens is 1. The first-order valence-electron chi connectivity index (χ1n) is 7.74. The maximum absolute atomic E-state index is 13.0. The SMILES string of the molecule is O=C(CSc1ncc(-c2ccc(F)cc2)[nH]1)c1c[nH]c2ccccc12. The van der Waals surface area contributed by atoms with Crippen LogP contribution in [0.15, 0.2) is 66.1 Å². The first kappa shape index (κ1) is 15.7. The molecule has 0 unspecified atom stereocenters. The van der Waals surface area contributed by atoms with Crippen LogP contribution < -0.4 is 0 Å². The van der Waals surface area contributed by atoms with Crippen molar-refractivity contribution in [1.29, 1.82) is 0 Å². The van der Waals surface area contributed by atoms with Crippen molar-refractivity contribution in [3.05, 3.63) is 72.3 Å². The fourth-order valence-corrected chi connectivity index (χ4v) is 3.40. The van der Waals surface area contributed by atoms with E-state index in [1.165, 1.54) is 23.9 Å². The average molecular weight is 351 g/mol. The summed E-state index contributed by atoms with van der Waals surface area (Å²) in [6.45, 7) is 0. The Bertz CT molecular complexity index is 1040. The molecule has 124 valence electrons. The monoisotopic (exact) mass is 351 g/mol. The van der Waals surface area contributed by atoms with Gasteiger partial charge < -0.3 is 9.97 Å². The third kappa shape index (κ3) is 3.21. The number of ketones is 1. The molecule has 0 aliphatic rings. The number of nitrogens with one attached hydrogen (secondary N) is 2. The van der Waals surface area contributed by atoms with Crippen molar-refractivity contribution < 1.29 is 9.18 Å². The van der Waals surface area contributed by atoms with Crippen LogP contribution in [0.1, 0.15) is 10.4 Å². The Hall–Kier alpha value is -2.86. The summed E-state index contributed by atoms with van der Waals surface area (Å²) in [5, 5.41) is 1.59. The largest absolute Gasteiger partial charge is 0.360 e. The second-order valence-corrected chi connectivity index (χ2v) is 6.53. The zero-order valence-corrected chi connectivity index (χ0v) is 13.9. The molecule has 4 rings (SSSR count). The van der Waals surface area contributed by atoms with Crippen molar-refractivity contribution in [2.24, 2.45) is 0 Å². The van der Waals surface area contributed by atoms with Crippen LogP contribution in [-0.4, -0.2) is 26.5 Å². The second kappa shape index (κ2) is 6.57. The van der Waals surface area contributed by atoms with Crippen molar-refractivity contribution in [2.45, 2.75) is 5.16 Å². The zero-order valence-electron chi connectivity index (χ0n) is 13.1. The van der Waals surface area contributed by atoms with Gasteiger partial charge in [-0.25, -0.2) is 9.37 Å². The van der Waals surface area contributed by atoms with Gasteiger partial charge in [-0.1, -0.05) is 30.0 Å². The number of thioether (sulfide) groups is 1. The standard InChI is InChI=1S/C19H14FN3OS/c20-13-7-5-12(6-8-13)17-10-22-19(23-17)25-11-18(24)15-9-21-16-4-2-1-3-14(15)16/h1-10,21H,11H2,(H,22,23). The van der Waals surface area contributed by atoms with Gasteiger partial charge in [0.25, 0.3) is 0 Å². The number of fused-ring (bicyclic) bond motifs is 1. The lowest BCUT2D eigenvalue weighted by Crippen LogP contribution is -2.01. The number of H-pyrrole nitrogens is 2. The molecular weight excluding hydrogens is 337 g/mol. The quantitative estimate of drug-likeness (QED) is 0.406. The number of hydrogen-bond donors (Lipinski definition) is 2. The smallest absolute Gasteiger partial charge is 0.175 e. The Morgan fingerprint density at radius 1 is 1.12 bits per heavy atom. The lowest BCUT2D eigenvalue weighted by atomic mass is 10.1. The van der Waals surface area contributed by atoms with E-state index in [1.54, 1.807) is 24.5 Å². The number of nitrogens with zero attached hydrogens (tertiary/aromatic N) is 1. The highest BCUT2D eigenvalue weighted by molar-refractivity contribution is 7.99. The number of carbonyl (C=O) groups is 1. The van der Waals surface area contributed by atoms with E-state index in [0.717, 1.165) is 22.2 Å². The lowest BCUT2D eigenvalue weighted by Gasteiger charge is -1.99. The zero-order chi connectivity index (χ0) is 17.2. The minimum absolute atomic E-state index is 0.0437. The summed E-state index contributed by atoms with van der Waals surface area (Å²) < 4.78 is 13.0. The van der Waals surface area contributed by atoms with Crippen molar-refractivity contribution in [3.63, 3.8) is 0 Å². The van der Waals surface area contributed by atoms with Crippen LogP contribution in [0.2, 0.25) is 0 Å². The van der Waals surface area contributed by atoms with E-state index in [9.17, 15) is 9.18 Å². The molecule has 0 radical (unpaired) electrons. The minimum Gasteiger partial charge on any atom is -0.360 e. The maximum Gasteiger partial charge on any atom is 0.175 e. The molecule has 2 N–H and O–H groups in total. The molecular formula is C19H14FN3OS. The van der Waals surface area contributed by atoms with Crippen LogP contribution in [-0.2, 0) is 0 Å². The number of aromatic nitrogens is 3. The molecule has 0 fully saturated rings. The molecule has 4 aromatic rings. The van der Waals surface area contributed by atoms with Crippen molar-refractivity contribution in [1.82, 2.24) is 15.0 Å². The number of rotatable bonds is 5. The fourth-order valence-electron chi connectivity index (χ4n) is 2.67. The van der Waals surface area contributed by atoms with E-state index in [-0.39, 0.29) is 17.4 Å². The molecule has 6 heteroatoms. The van der Waals surface area contributed by atoms with Gasteiger partial charge in [-0.05, 0) is 35.9 Å². The maximum atomic E-state index is 13.0. The van der Waals surface area contributed by atoms with Crippen molar-refractivity contribution in [2.75, 3.05) is 5.75 Å². The summed E-state index contributed by atoms with van der Waals surface area (Å²) >= 11 is 1.35. The Morgan fingerprint density at radius 3 is 2.76 bits per heavy atom. The van der Waals surface area contributed by atoms with Gasteiger partial charge in [-0.15, -0.1) is 0 Å². The Kier molecular flexibility index (Phi) is 4.11. The first-order valence-corrected chi connectivity index (χ1v) is 8.72. The third-order valence-electron chi connectivity index (χ3n) is 3.94. The highest BCUT2D eigenvalue weighted by atomic mass is 32.2. The van der Waals surface area contributed by atoms with Gasteiger partial charge in [-0.2, -0.15) is 0 Å². The van der Waals surface area contributed by atoms with E-state index >= 15 is 0 Å². The predicted octanol–water partition coefficient (Wildman–Crippen LogP) is 4.67. The second-order valence-electron chi connectivity index (χ2n) is 5.57. The average Bonchev–Trinajstić information content (AvgIpc) is 3.27. The van der Waals surface area contributed by atoms with Crippen molar-refractivity contribution >= 4 is 28.4 Å². The van der Waals surface area contributed by atoms with Crippen LogP contribution in [0.4, 0.5) is 4.39 Å². The van der Waals surface area contributed by atoms with E-state index in [0.29, 0.717) is 10.7 Å². The predicted molar refractivity (Wildman–Crippen MR) is 97.3 cm³/mol. The van der Waals surface area contributed by atoms with Crippen LogP contribution >= 0.6 is 11.8 Å². The van der Waals surface area contributed by atoms with Gasteiger partial charge in [0.1, 0.15) is 5.82 Å². The summed E-state index contributed by atoms with van der Waals surface area (Å²) in [6.07, 6.45) is 3.44. The lowest BCUT2D eigenvalue weighted by molar-refractivity contribution is 0.102. The highest BCUT2D eigenvalue weighted by Gasteiger charge is 2.13. The van der Waals surface area contributed by atoms with E-state index < -0.39 is 0 Å². The fraction of sp³-hybridized carbons (Fsp3) is 0.0526. The number of benzene rings is 2. The summed E-state index contributed by atoms with van der Waals surface area (Å²) in [6, 6.07) is 13.9. The third-order valence-corrected chi connectivity index (χ3v) is 4.82. The topological polar surface area (TPSA) is 61.5 Å². The molecule has 2 heterocycles. The van der Waals surface area contributed by atoms with Gasteiger partial charge in [0, 0.05) is 22.7 Å². The highest BCUT2D eigenvalue weighted by Crippen LogP contribution is 2.24. The number of Topliss-reactive ketones (excluding diaryl/α,β-unsaturated/α-hetero) is 1. The Labute approximate surface area is 147 Å². The molecule has 2 aromatic heterocycles. The minimum atomic E-state index is -0.276. The first-order chi connectivity index (χ1) is 12.2. The summed E-state index contributed by atoms with van der Waals surface area (Å²) in [7, 11) is 0. The molecule has 0 aliphatic heterocycles. The molecule has 0 amide bonds. The Morgan fingerprint density at radius 2 is 1.92 bits per heavy atom. The van der Waals surface area contributed by atoms with Gasteiger partial charge in [0.2, 0.25) is 0 Å². The van der Waals surface area contributed by atoms with Crippen molar-refractivity contribution in [3.8, 4) is 11.3 Å². The molecule has 0 saturated carbocycles. The molecule has 0 saturated heterocycles. The normalized spacial score (nSPS) is 11.1. The molecule has 0 spiro atoms. The summed E-state index contributed by atoms with van der Waals surface area (Å²) in [4.78, 5) is 23.0. The molecule has 0 bridgehead atoms. The van der Waals surface area contributed by atoms with Crippen LogP contribution in [0.3, 0.4) is 0 Å². The van der Waals surface area contributed by atoms with Gasteiger partial charge in [-0.3, -0.25) is 4.79 Å². The van der Waals surface area contributed by atoms with Gasteiger partial charge in [0.15, 0.2) is 10.9 Å². The number of imidazole rings is 1. The summed E-state index contributed by atoms with van der Waals surface area (Å²) in [5.74, 6) is 0.0578. The van der Waals surface area contributed by atoms with Crippen LogP contribution in [0.5, 0.6) is 0 Å². The summed E-state index contributed by atoms with van der Waals surface area (Å²) in [5.41, 5.74) is 3.28. The number of hydrogen-bond acceptors (Lipinski definition) is 3. The molecule has 0 atom stereocenters. The molecule has 0 aliphatic carbocycles. The van der Waals surface area contributed by atoms with Gasteiger partial charge in [0.05, 0.1) is 17.6 Å². The number of para-hydroxylation sites is 1. The van der Waals surface area contributed by atoms with E-state index in [2.05, 4.69) is 15.0 Å². The molecule has 2 aromatic carbocycles. The number of aromatic amines is 2. The van der Waals surface area contributed by atoms with Crippen LogP contribution in [0.25, 0.3) is 22.2 Å². The molecule has 25 heavy (non-hydrogen) atoms. The molecule has 4 nitrogen and oxygen atoms in total. The van der Waals surface area contributed by atoms with E-state index in [4.69, 9.17) is 0 Å². The van der Waals surface area contributed by atoms with Gasteiger partial charge >= 0.3 is 0 Å². The van der Waals surface area contributed by atoms with Crippen LogP contribution in [0, 0.1) is 5.82 Å².